The van der Waals surface area contributed by atoms with Crippen LogP contribution in [0.25, 0.3) is 10.9 Å². The maximum Gasteiger partial charge on any atom is 0.340 e. The number of carbonyl (C=O) groups is 1. The number of ether oxygens (including phenoxy) is 1. The highest BCUT2D eigenvalue weighted by Gasteiger charge is 2.21. The molecular weight excluding hydrogens is 348 g/mol. The molecule has 2 aromatic carbocycles. The minimum absolute atomic E-state index is 0.141. The van der Waals surface area contributed by atoms with E-state index in [0.29, 0.717) is 12.1 Å². The van der Waals surface area contributed by atoms with Crippen molar-refractivity contribution in [2.75, 3.05) is 7.11 Å². The second kappa shape index (κ2) is 7.85. The largest absolute Gasteiger partial charge is 0.465 e. The van der Waals surface area contributed by atoms with E-state index in [-0.39, 0.29) is 12.0 Å². The van der Waals surface area contributed by atoms with E-state index in [1.165, 1.54) is 7.11 Å². The van der Waals surface area contributed by atoms with Gasteiger partial charge >= 0.3 is 5.97 Å². The van der Waals surface area contributed by atoms with E-state index in [1.54, 1.807) is 0 Å². The molecule has 1 heterocycles. The van der Waals surface area contributed by atoms with Gasteiger partial charge in [0.1, 0.15) is 18.3 Å². The number of rotatable bonds is 5. The summed E-state index contributed by atoms with van der Waals surface area (Å²) in [6.07, 6.45) is 0. The molecule has 0 saturated carbocycles. The van der Waals surface area contributed by atoms with Gasteiger partial charge in [-0.25, -0.2) is 9.78 Å². The van der Waals surface area contributed by atoms with Gasteiger partial charge in [-0.2, -0.15) is 0 Å². The highest BCUT2D eigenvalue weighted by atomic mass is 35.5. The molecule has 4 nitrogen and oxygen atoms in total. The van der Waals surface area contributed by atoms with E-state index < -0.39 is 0 Å². The second-order valence-corrected chi connectivity index (χ2v) is 6.72. The Morgan fingerprint density at radius 1 is 1.19 bits per heavy atom. The number of aromatic nitrogens is 1. The number of aryl methyl sites for hydroxylation is 1. The molecule has 0 spiro atoms. The maximum absolute atomic E-state index is 12.4. The summed E-state index contributed by atoms with van der Waals surface area (Å²) in [7, 11) is 1.40. The number of hydrogen-bond donors (Lipinski definition) is 1. The number of pyridine rings is 1. The number of hydrogen-bond acceptors (Lipinski definition) is 3. The topological polar surface area (TPSA) is 55.8 Å². The van der Waals surface area contributed by atoms with Crippen molar-refractivity contribution < 1.29 is 14.8 Å². The van der Waals surface area contributed by atoms with Gasteiger partial charge < -0.3 is 10.1 Å². The number of halogens is 1. The number of carbonyl (C=O) groups excluding carboxylic acids is 1. The summed E-state index contributed by atoms with van der Waals surface area (Å²) in [5.74, 6) is -0.352. The Kier molecular flexibility index (Phi) is 5.55. The summed E-state index contributed by atoms with van der Waals surface area (Å²) >= 11 is 6.30. The van der Waals surface area contributed by atoms with Crippen molar-refractivity contribution in [3.63, 3.8) is 0 Å². The van der Waals surface area contributed by atoms with Crippen LogP contribution in [0, 0.1) is 6.92 Å². The Hall–Kier alpha value is -2.43. The lowest BCUT2D eigenvalue weighted by Crippen LogP contribution is -2.83. The molecule has 3 rings (SSSR count). The van der Waals surface area contributed by atoms with Crippen LogP contribution in [0.3, 0.4) is 0 Å². The fourth-order valence-electron chi connectivity index (χ4n) is 3.22. The number of fused-ring (bicyclic) bond motifs is 1. The monoisotopic (exact) mass is 369 g/mol. The van der Waals surface area contributed by atoms with Crippen LogP contribution in [-0.2, 0) is 11.3 Å². The van der Waals surface area contributed by atoms with Crippen molar-refractivity contribution in [3.05, 3.63) is 75.9 Å². The van der Waals surface area contributed by atoms with Crippen LogP contribution in [0.5, 0.6) is 0 Å². The third kappa shape index (κ3) is 3.57. The van der Waals surface area contributed by atoms with Crippen LogP contribution in [-0.4, -0.2) is 18.1 Å². The Bertz CT molecular complexity index is 956. The van der Waals surface area contributed by atoms with Gasteiger partial charge in [0.2, 0.25) is 0 Å². The number of para-hydroxylation sites is 1. The molecular formula is C21H22ClN2O2+. The molecule has 26 heavy (non-hydrogen) atoms. The minimum Gasteiger partial charge on any atom is -0.465 e. The highest BCUT2D eigenvalue weighted by molar-refractivity contribution is 6.31. The van der Waals surface area contributed by atoms with Crippen molar-refractivity contribution in [1.82, 2.24) is 4.98 Å². The lowest BCUT2D eigenvalue weighted by molar-refractivity contribution is -0.708. The molecule has 0 fully saturated rings. The fourth-order valence-corrected chi connectivity index (χ4v) is 3.53. The number of benzene rings is 2. The normalized spacial score (nSPS) is 12.2. The van der Waals surface area contributed by atoms with Crippen LogP contribution in [0.4, 0.5) is 0 Å². The van der Waals surface area contributed by atoms with Crippen molar-refractivity contribution in [1.29, 1.82) is 0 Å². The Morgan fingerprint density at radius 3 is 2.62 bits per heavy atom. The van der Waals surface area contributed by atoms with Crippen LogP contribution < -0.4 is 5.32 Å². The summed E-state index contributed by atoms with van der Waals surface area (Å²) in [5.41, 5.74) is 4.12. The number of quaternary nitrogens is 1. The van der Waals surface area contributed by atoms with E-state index in [1.807, 2.05) is 55.5 Å². The molecule has 2 N–H and O–H groups in total. The third-order valence-corrected chi connectivity index (χ3v) is 5.02. The second-order valence-electron chi connectivity index (χ2n) is 6.32. The van der Waals surface area contributed by atoms with E-state index in [2.05, 4.69) is 12.2 Å². The van der Waals surface area contributed by atoms with Gasteiger partial charge in [-0.1, -0.05) is 48.0 Å². The van der Waals surface area contributed by atoms with E-state index >= 15 is 0 Å². The predicted octanol–water partition coefficient (Wildman–Crippen LogP) is 3.81. The number of nitrogens with two attached hydrogens (primary N) is 1. The number of nitrogens with zero attached hydrogens (tertiary/aromatic N) is 1. The molecule has 0 aliphatic carbocycles. The first-order valence-corrected chi connectivity index (χ1v) is 8.95. The first kappa shape index (κ1) is 18.4. The van der Waals surface area contributed by atoms with Gasteiger partial charge in [-0.05, 0) is 31.5 Å². The minimum atomic E-state index is -0.352. The van der Waals surface area contributed by atoms with E-state index in [4.69, 9.17) is 21.3 Å². The van der Waals surface area contributed by atoms with Crippen LogP contribution in [0.15, 0.2) is 48.5 Å². The average Bonchev–Trinajstić information content (AvgIpc) is 2.66. The molecule has 0 amide bonds. The van der Waals surface area contributed by atoms with Crippen molar-refractivity contribution in [2.24, 2.45) is 0 Å². The zero-order chi connectivity index (χ0) is 18.7. The number of methoxy groups -OCH3 is 1. The summed E-state index contributed by atoms with van der Waals surface area (Å²) in [6, 6.07) is 15.8. The summed E-state index contributed by atoms with van der Waals surface area (Å²) in [5, 5.41) is 3.84. The van der Waals surface area contributed by atoms with Gasteiger partial charge in [-0.3, -0.25) is 0 Å². The van der Waals surface area contributed by atoms with Crippen molar-refractivity contribution in [3.8, 4) is 0 Å². The van der Waals surface area contributed by atoms with Gasteiger partial charge in [-0.15, -0.1) is 0 Å². The smallest absolute Gasteiger partial charge is 0.340 e. The van der Waals surface area contributed by atoms with Gasteiger partial charge in [0.25, 0.3) is 0 Å². The molecule has 0 aliphatic rings. The van der Waals surface area contributed by atoms with E-state index in [0.717, 1.165) is 32.7 Å². The lowest BCUT2D eigenvalue weighted by Gasteiger charge is -2.15. The molecule has 1 aromatic heterocycles. The quantitative estimate of drug-likeness (QED) is 0.696. The standard InChI is InChI=1S/C21H21ClN2O2/c1-13-15-8-5-7-11-18(15)24-19(20(13)21(25)26-3)12-23-14(2)16-9-4-6-10-17(16)22/h4-11,14,23H,12H2,1-3H3/p+1/t14-/m1/s1. The van der Waals surface area contributed by atoms with E-state index in [9.17, 15) is 4.79 Å². The summed E-state index contributed by atoms with van der Waals surface area (Å²) in [4.78, 5) is 17.1. The first-order chi connectivity index (χ1) is 12.5. The molecule has 0 unspecified atom stereocenters. The summed E-state index contributed by atoms with van der Waals surface area (Å²) in [6.45, 7) is 4.59. The summed E-state index contributed by atoms with van der Waals surface area (Å²) < 4.78 is 5.00. The lowest BCUT2D eigenvalue weighted by atomic mass is 10.0. The van der Waals surface area contributed by atoms with Crippen LogP contribution in [0.2, 0.25) is 5.02 Å². The third-order valence-electron chi connectivity index (χ3n) is 4.68. The zero-order valence-electron chi connectivity index (χ0n) is 15.1. The molecule has 0 radical (unpaired) electrons. The zero-order valence-corrected chi connectivity index (χ0v) is 15.9. The highest BCUT2D eigenvalue weighted by Crippen LogP contribution is 2.24. The molecule has 3 aromatic rings. The molecule has 5 heteroatoms. The Morgan fingerprint density at radius 2 is 1.88 bits per heavy atom. The van der Waals surface area contributed by atoms with Crippen molar-refractivity contribution >= 4 is 28.5 Å². The van der Waals surface area contributed by atoms with Gasteiger partial charge in [0.15, 0.2) is 0 Å². The molecule has 134 valence electrons. The fraction of sp³-hybridized carbons (Fsp3) is 0.238. The van der Waals surface area contributed by atoms with Crippen LogP contribution in [0.1, 0.15) is 40.1 Å². The van der Waals surface area contributed by atoms with Crippen LogP contribution >= 0.6 is 11.6 Å². The SMILES string of the molecule is COC(=O)c1c(C[NH2+][C@H](C)c2ccccc2Cl)nc2ccccc2c1C. The molecule has 1 atom stereocenters. The molecule has 0 aliphatic heterocycles. The first-order valence-electron chi connectivity index (χ1n) is 8.57. The van der Waals surface area contributed by atoms with Gasteiger partial charge in [0, 0.05) is 16.0 Å². The van der Waals surface area contributed by atoms with Crippen molar-refractivity contribution in [2.45, 2.75) is 26.4 Å². The Labute approximate surface area is 158 Å². The van der Waals surface area contributed by atoms with Gasteiger partial charge in [0.05, 0.1) is 18.2 Å². The predicted molar refractivity (Wildman–Crippen MR) is 103 cm³/mol. The molecule has 0 bridgehead atoms. The average molecular weight is 370 g/mol. The number of esters is 1. The molecule has 0 saturated heterocycles. The Balaban J connectivity index is 1.96. The maximum atomic E-state index is 12.4.